The van der Waals surface area contributed by atoms with Crippen molar-refractivity contribution < 1.29 is 9.53 Å². The molecule has 0 unspecified atom stereocenters. The fourth-order valence-corrected chi connectivity index (χ4v) is 4.49. The molecular formula is C20H30N4O2. The second-order valence-corrected chi connectivity index (χ2v) is 7.90. The number of ether oxygens (including phenoxy) is 1. The molecule has 0 radical (unpaired) electrons. The van der Waals surface area contributed by atoms with Gasteiger partial charge in [-0.15, -0.1) is 10.2 Å². The summed E-state index contributed by atoms with van der Waals surface area (Å²) in [6.07, 6.45) is 10.9. The van der Waals surface area contributed by atoms with E-state index in [-0.39, 0.29) is 5.92 Å². The van der Waals surface area contributed by atoms with Crippen molar-refractivity contribution in [2.24, 2.45) is 5.92 Å². The molecule has 1 saturated heterocycles. The minimum absolute atomic E-state index is 0.276. The maximum Gasteiger partial charge on any atom is 0.233 e. The Labute approximate surface area is 155 Å². The lowest BCUT2D eigenvalue weighted by molar-refractivity contribution is -0.135. The third-order valence-corrected chi connectivity index (χ3v) is 6.09. The van der Waals surface area contributed by atoms with Crippen LogP contribution < -0.4 is 9.64 Å². The first-order chi connectivity index (χ1) is 12.8. The van der Waals surface area contributed by atoms with Gasteiger partial charge < -0.3 is 14.5 Å². The van der Waals surface area contributed by atoms with Gasteiger partial charge in [-0.1, -0.05) is 19.3 Å². The van der Waals surface area contributed by atoms with Crippen LogP contribution in [0.1, 0.15) is 57.8 Å². The normalized spacial score (nSPS) is 22.6. The van der Waals surface area contributed by atoms with Crippen molar-refractivity contribution >= 4 is 11.7 Å². The quantitative estimate of drug-likeness (QED) is 0.828. The Bertz CT molecular complexity index is 586. The molecule has 0 spiro atoms. The monoisotopic (exact) mass is 358 g/mol. The first-order valence-corrected chi connectivity index (χ1v) is 10.3. The summed E-state index contributed by atoms with van der Waals surface area (Å²) in [5, 5.41) is 8.63. The molecule has 6 heteroatoms. The number of piperazine rings is 1. The lowest BCUT2D eigenvalue weighted by Crippen LogP contribution is -2.50. The van der Waals surface area contributed by atoms with Gasteiger partial charge >= 0.3 is 0 Å². The van der Waals surface area contributed by atoms with Crippen LogP contribution in [0.5, 0.6) is 5.88 Å². The number of amides is 1. The third-order valence-electron chi connectivity index (χ3n) is 6.09. The lowest BCUT2D eigenvalue weighted by atomic mass is 9.98. The number of carbonyl (C=O) groups excluding carboxylic acids is 1. The minimum Gasteiger partial charge on any atom is -0.473 e. The topological polar surface area (TPSA) is 58.6 Å². The SMILES string of the molecule is O=C(C1CCCC1)N1CCN(c2ccc(OC3CCCCC3)nn2)CC1. The fraction of sp³-hybridized carbons (Fsp3) is 0.750. The van der Waals surface area contributed by atoms with Crippen molar-refractivity contribution in [1.82, 2.24) is 15.1 Å². The highest BCUT2D eigenvalue weighted by Crippen LogP contribution is 2.27. The third kappa shape index (κ3) is 4.10. The molecule has 0 N–H and O–H groups in total. The molecular weight excluding hydrogens is 328 g/mol. The average molecular weight is 358 g/mol. The zero-order valence-electron chi connectivity index (χ0n) is 15.6. The van der Waals surface area contributed by atoms with E-state index in [0.717, 1.165) is 57.7 Å². The molecule has 4 rings (SSSR count). The van der Waals surface area contributed by atoms with Crippen LogP contribution >= 0.6 is 0 Å². The minimum atomic E-state index is 0.276. The summed E-state index contributed by atoms with van der Waals surface area (Å²) in [4.78, 5) is 16.8. The molecule has 2 heterocycles. The van der Waals surface area contributed by atoms with E-state index in [1.165, 1.54) is 32.1 Å². The highest BCUT2D eigenvalue weighted by molar-refractivity contribution is 5.79. The first kappa shape index (κ1) is 17.6. The van der Waals surface area contributed by atoms with Crippen LogP contribution in [0.3, 0.4) is 0 Å². The number of hydrogen-bond acceptors (Lipinski definition) is 5. The molecule has 1 aliphatic heterocycles. The molecule has 1 amide bonds. The molecule has 3 aliphatic rings. The molecule has 0 atom stereocenters. The number of rotatable bonds is 4. The van der Waals surface area contributed by atoms with E-state index in [9.17, 15) is 4.79 Å². The van der Waals surface area contributed by atoms with Crippen molar-refractivity contribution in [3.8, 4) is 5.88 Å². The van der Waals surface area contributed by atoms with Crippen LogP contribution in [0.25, 0.3) is 0 Å². The summed E-state index contributed by atoms with van der Waals surface area (Å²) < 4.78 is 5.96. The summed E-state index contributed by atoms with van der Waals surface area (Å²) >= 11 is 0. The Morgan fingerprint density at radius 3 is 2.23 bits per heavy atom. The van der Waals surface area contributed by atoms with Gasteiger partial charge in [0.25, 0.3) is 0 Å². The van der Waals surface area contributed by atoms with E-state index in [4.69, 9.17) is 4.74 Å². The second-order valence-electron chi connectivity index (χ2n) is 7.90. The summed E-state index contributed by atoms with van der Waals surface area (Å²) in [5.74, 6) is 2.16. The van der Waals surface area contributed by atoms with Gasteiger partial charge in [-0.05, 0) is 44.6 Å². The van der Waals surface area contributed by atoms with E-state index in [1.807, 2.05) is 17.0 Å². The molecule has 3 fully saturated rings. The molecule has 0 aromatic carbocycles. The summed E-state index contributed by atoms with van der Waals surface area (Å²) in [5.41, 5.74) is 0. The summed E-state index contributed by atoms with van der Waals surface area (Å²) in [6, 6.07) is 3.94. The molecule has 2 saturated carbocycles. The molecule has 2 aliphatic carbocycles. The van der Waals surface area contributed by atoms with Gasteiger partial charge in [0, 0.05) is 38.2 Å². The van der Waals surface area contributed by atoms with Crippen molar-refractivity contribution in [3.05, 3.63) is 12.1 Å². The van der Waals surface area contributed by atoms with Crippen molar-refractivity contribution in [2.45, 2.75) is 63.9 Å². The maximum atomic E-state index is 12.5. The Balaban J connectivity index is 1.28. The van der Waals surface area contributed by atoms with Crippen LogP contribution in [-0.2, 0) is 4.79 Å². The first-order valence-electron chi connectivity index (χ1n) is 10.3. The van der Waals surface area contributed by atoms with Crippen LogP contribution in [0.2, 0.25) is 0 Å². The van der Waals surface area contributed by atoms with Gasteiger partial charge in [0.15, 0.2) is 5.82 Å². The van der Waals surface area contributed by atoms with Gasteiger partial charge in [-0.3, -0.25) is 4.79 Å². The van der Waals surface area contributed by atoms with Gasteiger partial charge in [-0.2, -0.15) is 0 Å². The largest absolute Gasteiger partial charge is 0.473 e. The fourth-order valence-electron chi connectivity index (χ4n) is 4.49. The van der Waals surface area contributed by atoms with Crippen LogP contribution in [0, 0.1) is 5.92 Å². The summed E-state index contributed by atoms with van der Waals surface area (Å²) in [6.45, 7) is 3.24. The van der Waals surface area contributed by atoms with Crippen molar-refractivity contribution in [1.29, 1.82) is 0 Å². The number of nitrogens with zero attached hydrogens (tertiary/aromatic N) is 4. The number of anilines is 1. The van der Waals surface area contributed by atoms with Gasteiger partial charge in [0.1, 0.15) is 6.10 Å². The van der Waals surface area contributed by atoms with E-state index in [0.29, 0.717) is 17.9 Å². The maximum absolute atomic E-state index is 12.5. The predicted molar refractivity (Wildman–Crippen MR) is 100 cm³/mol. The Morgan fingerprint density at radius 1 is 0.885 bits per heavy atom. The summed E-state index contributed by atoms with van der Waals surface area (Å²) in [7, 11) is 0. The highest BCUT2D eigenvalue weighted by Gasteiger charge is 2.29. The van der Waals surface area contributed by atoms with E-state index in [2.05, 4.69) is 15.1 Å². The Hall–Kier alpha value is -1.85. The Kier molecular flexibility index (Phi) is 5.56. The average Bonchev–Trinajstić information content (AvgIpc) is 3.24. The van der Waals surface area contributed by atoms with Crippen molar-refractivity contribution in [3.63, 3.8) is 0 Å². The van der Waals surface area contributed by atoms with Crippen molar-refractivity contribution in [2.75, 3.05) is 31.1 Å². The van der Waals surface area contributed by atoms with E-state index in [1.54, 1.807) is 0 Å². The van der Waals surface area contributed by atoms with E-state index >= 15 is 0 Å². The predicted octanol–water partition coefficient (Wildman–Crippen LogP) is 3.03. The van der Waals surface area contributed by atoms with Gasteiger partial charge in [0.05, 0.1) is 0 Å². The zero-order chi connectivity index (χ0) is 17.8. The number of aromatic nitrogens is 2. The second kappa shape index (κ2) is 8.23. The van der Waals surface area contributed by atoms with Crippen LogP contribution in [0.4, 0.5) is 5.82 Å². The van der Waals surface area contributed by atoms with Gasteiger partial charge in [0.2, 0.25) is 11.8 Å². The molecule has 1 aromatic heterocycles. The zero-order valence-corrected chi connectivity index (χ0v) is 15.6. The van der Waals surface area contributed by atoms with Gasteiger partial charge in [-0.25, -0.2) is 0 Å². The highest BCUT2D eigenvalue weighted by atomic mass is 16.5. The molecule has 0 bridgehead atoms. The molecule has 142 valence electrons. The Morgan fingerprint density at radius 2 is 1.58 bits per heavy atom. The molecule has 1 aromatic rings. The number of carbonyl (C=O) groups is 1. The number of hydrogen-bond donors (Lipinski definition) is 0. The standard InChI is InChI=1S/C20H30N4O2/c25-20(16-6-4-5-7-16)24-14-12-23(13-15-24)18-10-11-19(22-21-18)26-17-8-2-1-3-9-17/h10-11,16-17H,1-9,12-15H2. The van der Waals surface area contributed by atoms with Crippen LogP contribution in [0.15, 0.2) is 12.1 Å². The molecule has 26 heavy (non-hydrogen) atoms. The molecule has 6 nitrogen and oxygen atoms in total. The van der Waals surface area contributed by atoms with Crippen LogP contribution in [-0.4, -0.2) is 53.3 Å². The van der Waals surface area contributed by atoms with E-state index < -0.39 is 0 Å². The lowest BCUT2D eigenvalue weighted by Gasteiger charge is -2.36. The smallest absolute Gasteiger partial charge is 0.233 e.